The van der Waals surface area contributed by atoms with Crippen molar-refractivity contribution in [2.24, 2.45) is 11.8 Å². The highest BCUT2D eigenvalue weighted by Gasteiger charge is 2.31. The van der Waals surface area contributed by atoms with Gasteiger partial charge in [0.2, 0.25) is 5.91 Å². The van der Waals surface area contributed by atoms with E-state index in [2.05, 4.69) is 16.4 Å². The minimum atomic E-state index is -0.507. The van der Waals surface area contributed by atoms with Crippen molar-refractivity contribution in [2.45, 2.75) is 64.8 Å². The summed E-state index contributed by atoms with van der Waals surface area (Å²) in [5.41, 5.74) is 9.44. The smallest absolute Gasteiger partial charge is 0.253 e. The molecule has 2 aromatic rings. The summed E-state index contributed by atoms with van der Waals surface area (Å²) >= 11 is 0. The molecule has 1 aromatic carbocycles. The van der Waals surface area contributed by atoms with Crippen LogP contribution >= 0.6 is 0 Å². The van der Waals surface area contributed by atoms with E-state index in [0.717, 1.165) is 67.6 Å². The number of nitrogen functional groups attached to an aromatic ring is 1. The van der Waals surface area contributed by atoms with Crippen LogP contribution in [0.4, 0.5) is 5.82 Å². The third-order valence-electron chi connectivity index (χ3n) is 7.45. The zero-order chi connectivity index (χ0) is 24.9. The van der Waals surface area contributed by atoms with E-state index in [0.29, 0.717) is 24.6 Å². The molecule has 2 fully saturated rings. The lowest BCUT2D eigenvalue weighted by molar-refractivity contribution is -0.129. The fourth-order valence-electron chi connectivity index (χ4n) is 5.12. The molecule has 1 saturated carbocycles. The average Bonchev–Trinajstić information content (AvgIpc) is 3.26. The summed E-state index contributed by atoms with van der Waals surface area (Å²) in [6.45, 7) is 5.35. The molecule has 1 aliphatic heterocycles. The van der Waals surface area contributed by atoms with E-state index in [4.69, 9.17) is 5.73 Å². The van der Waals surface area contributed by atoms with Crippen LogP contribution in [0.1, 0.15) is 66.2 Å². The predicted molar refractivity (Wildman–Crippen MR) is 136 cm³/mol. The van der Waals surface area contributed by atoms with Gasteiger partial charge in [-0.25, -0.2) is 4.98 Å². The number of anilines is 1. The number of hydrogen-bond donors (Lipinski definition) is 2. The van der Waals surface area contributed by atoms with Gasteiger partial charge in [0.15, 0.2) is 5.78 Å². The van der Waals surface area contributed by atoms with E-state index in [1.807, 2.05) is 36.1 Å². The van der Waals surface area contributed by atoms with Gasteiger partial charge in [0.1, 0.15) is 5.82 Å². The molecule has 2 amide bonds. The summed E-state index contributed by atoms with van der Waals surface area (Å²) < 4.78 is 0. The second-order valence-corrected chi connectivity index (χ2v) is 10.1. The van der Waals surface area contributed by atoms with Crippen molar-refractivity contribution in [1.29, 1.82) is 0 Å². The number of aromatic nitrogens is 1. The molecule has 1 aromatic heterocycles. The molecule has 0 spiro atoms. The quantitative estimate of drug-likeness (QED) is 0.576. The largest absolute Gasteiger partial charge is 0.384 e. The number of amides is 2. The molecular weight excluding hydrogens is 440 g/mol. The molecule has 7 nitrogen and oxygen atoms in total. The van der Waals surface area contributed by atoms with E-state index in [1.54, 1.807) is 13.0 Å². The topological polar surface area (TPSA) is 105 Å². The van der Waals surface area contributed by atoms with E-state index in [-0.39, 0.29) is 23.5 Å². The number of nitrogens with one attached hydrogen (secondary N) is 1. The van der Waals surface area contributed by atoms with Crippen LogP contribution in [0.2, 0.25) is 0 Å². The number of carbonyl (C=O) groups is 3. The second-order valence-electron chi connectivity index (χ2n) is 10.1. The molecule has 1 saturated heterocycles. The van der Waals surface area contributed by atoms with Gasteiger partial charge in [0.05, 0.1) is 6.04 Å². The summed E-state index contributed by atoms with van der Waals surface area (Å²) in [4.78, 5) is 44.1. The van der Waals surface area contributed by atoms with Gasteiger partial charge in [0, 0.05) is 36.7 Å². The Labute approximate surface area is 207 Å². The molecular formula is C28H36N4O3. The lowest BCUT2D eigenvalue weighted by atomic mass is 9.95. The first-order chi connectivity index (χ1) is 16.8. The zero-order valence-electron chi connectivity index (χ0n) is 20.8. The summed E-state index contributed by atoms with van der Waals surface area (Å²) in [5, 5.41) is 2.94. The van der Waals surface area contributed by atoms with Crippen LogP contribution in [-0.4, -0.2) is 46.6 Å². The Morgan fingerprint density at radius 3 is 2.69 bits per heavy atom. The van der Waals surface area contributed by atoms with Crippen molar-refractivity contribution >= 4 is 23.4 Å². The maximum Gasteiger partial charge on any atom is 0.253 e. The van der Waals surface area contributed by atoms with Gasteiger partial charge in [-0.05, 0) is 87.6 Å². The number of Topliss-reactive ketones (excluding diaryl/α,β-unsaturated/α-hetero) is 1. The van der Waals surface area contributed by atoms with Gasteiger partial charge < -0.3 is 16.0 Å². The van der Waals surface area contributed by atoms with Gasteiger partial charge in [-0.3, -0.25) is 14.4 Å². The van der Waals surface area contributed by atoms with Crippen molar-refractivity contribution in [2.75, 3.05) is 18.8 Å². The molecule has 186 valence electrons. The number of pyridine rings is 1. The number of rotatable bonds is 9. The molecule has 2 aliphatic rings. The van der Waals surface area contributed by atoms with Crippen LogP contribution in [0.5, 0.6) is 0 Å². The van der Waals surface area contributed by atoms with Gasteiger partial charge in [0.25, 0.3) is 5.91 Å². The third kappa shape index (κ3) is 6.27. The number of hydrogen-bond acceptors (Lipinski definition) is 5. The average molecular weight is 477 g/mol. The third-order valence-corrected chi connectivity index (χ3v) is 7.45. The van der Waals surface area contributed by atoms with Gasteiger partial charge in [-0.15, -0.1) is 0 Å². The number of nitrogens with two attached hydrogens (primary N) is 1. The number of likely N-dealkylation sites (tertiary alicyclic amines) is 1. The van der Waals surface area contributed by atoms with Crippen molar-refractivity contribution in [3.63, 3.8) is 0 Å². The number of ketones is 1. The standard InChI is InChI=1S/C28H36N4O3/c1-18-22(10-12-26(29)30-18)9-11-25(33)19(2)31-27(34)23-8-7-21(16-23)15-20-5-3-6-24(17-20)28(35)32-13-4-14-32/h3,5-6,10,12,17,19,21,23H,4,7-9,11,13-16H2,1-2H3,(H2,29,30)(H,31,34)/t19-,21-,23+/m0/s1. The van der Waals surface area contributed by atoms with Crippen molar-refractivity contribution in [3.05, 3.63) is 58.8 Å². The highest BCUT2D eigenvalue weighted by Crippen LogP contribution is 2.33. The highest BCUT2D eigenvalue weighted by atomic mass is 16.2. The highest BCUT2D eigenvalue weighted by molar-refractivity contribution is 5.94. The van der Waals surface area contributed by atoms with Crippen molar-refractivity contribution < 1.29 is 14.4 Å². The van der Waals surface area contributed by atoms with Crippen LogP contribution in [0.3, 0.4) is 0 Å². The second kappa shape index (κ2) is 11.0. The number of benzene rings is 1. The molecule has 3 atom stereocenters. The predicted octanol–water partition coefficient (Wildman–Crippen LogP) is 3.48. The Morgan fingerprint density at radius 2 is 1.97 bits per heavy atom. The van der Waals surface area contributed by atoms with E-state index < -0.39 is 6.04 Å². The fraction of sp³-hybridized carbons (Fsp3) is 0.500. The van der Waals surface area contributed by atoms with E-state index in [1.165, 1.54) is 0 Å². The maximum atomic E-state index is 12.8. The first-order valence-corrected chi connectivity index (χ1v) is 12.7. The lowest BCUT2D eigenvalue weighted by Crippen LogP contribution is -2.42. The van der Waals surface area contributed by atoms with Crippen LogP contribution in [0.25, 0.3) is 0 Å². The molecule has 35 heavy (non-hydrogen) atoms. The Kier molecular flexibility index (Phi) is 7.83. The normalized spacial score (nSPS) is 20.2. The molecule has 7 heteroatoms. The summed E-state index contributed by atoms with van der Waals surface area (Å²) in [6.07, 6.45) is 5.52. The SMILES string of the molecule is Cc1nc(N)ccc1CCC(=O)[C@H](C)NC(=O)[C@@H]1CC[C@@H](Cc2cccc(C(=O)N3CCC3)c2)C1. The number of nitrogens with zero attached hydrogens (tertiary/aromatic N) is 2. The Morgan fingerprint density at radius 1 is 1.17 bits per heavy atom. The molecule has 0 bridgehead atoms. The number of aryl methyl sites for hydroxylation is 2. The minimum absolute atomic E-state index is 0.0211. The molecule has 0 unspecified atom stereocenters. The van der Waals surface area contributed by atoms with Crippen molar-refractivity contribution in [3.8, 4) is 0 Å². The number of carbonyl (C=O) groups excluding carboxylic acids is 3. The van der Waals surface area contributed by atoms with Gasteiger partial charge in [-0.1, -0.05) is 18.2 Å². The Hall–Kier alpha value is -3.22. The Balaban J connectivity index is 1.23. The Bertz CT molecular complexity index is 1100. The molecule has 1 aliphatic carbocycles. The lowest BCUT2D eigenvalue weighted by Gasteiger charge is -2.31. The van der Waals surface area contributed by atoms with E-state index >= 15 is 0 Å². The molecule has 4 rings (SSSR count). The molecule has 2 heterocycles. The summed E-state index contributed by atoms with van der Waals surface area (Å²) in [6, 6.07) is 11.1. The molecule has 0 radical (unpaired) electrons. The van der Waals surface area contributed by atoms with E-state index in [9.17, 15) is 14.4 Å². The monoisotopic (exact) mass is 476 g/mol. The van der Waals surface area contributed by atoms with Crippen LogP contribution < -0.4 is 11.1 Å². The molecule has 3 N–H and O–H groups in total. The van der Waals surface area contributed by atoms with Crippen LogP contribution in [0, 0.1) is 18.8 Å². The van der Waals surface area contributed by atoms with Gasteiger partial charge >= 0.3 is 0 Å². The van der Waals surface area contributed by atoms with Crippen molar-refractivity contribution in [1.82, 2.24) is 15.2 Å². The summed E-state index contributed by atoms with van der Waals surface area (Å²) in [7, 11) is 0. The van der Waals surface area contributed by atoms with Crippen LogP contribution in [-0.2, 0) is 22.4 Å². The summed E-state index contributed by atoms with van der Waals surface area (Å²) in [5.74, 6) is 0.925. The first kappa shape index (κ1) is 24.9. The maximum absolute atomic E-state index is 12.8. The van der Waals surface area contributed by atoms with Crippen LogP contribution in [0.15, 0.2) is 36.4 Å². The zero-order valence-corrected chi connectivity index (χ0v) is 20.8. The minimum Gasteiger partial charge on any atom is -0.384 e. The fourth-order valence-corrected chi connectivity index (χ4v) is 5.12. The van der Waals surface area contributed by atoms with Gasteiger partial charge in [-0.2, -0.15) is 0 Å². The first-order valence-electron chi connectivity index (χ1n) is 12.7.